The maximum Gasteiger partial charge on any atom is 0.158 e. The maximum absolute atomic E-state index is 11.3. The van der Waals surface area contributed by atoms with Crippen molar-refractivity contribution < 1.29 is 9.53 Å². The molecule has 0 aliphatic carbocycles. The molecule has 1 heterocycles. The molecule has 0 saturated heterocycles. The zero-order chi connectivity index (χ0) is 11.4. The lowest BCUT2D eigenvalue weighted by atomic mass is 10.1. The van der Waals surface area contributed by atoms with Crippen LogP contribution in [0.25, 0.3) is 0 Å². The van der Waals surface area contributed by atoms with Crippen molar-refractivity contribution in [1.82, 2.24) is 9.78 Å². The molecule has 0 saturated carbocycles. The summed E-state index contributed by atoms with van der Waals surface area (Å²) in [7, 11) is 3.30. The van der Waals surface area contributed by atoms with Gasteiger partial charge in [-0.1, -0.05) is 11.6 Å². The number of aromatic nitrogens is 2. The van der Waals surface area contributed by atoms with Crippen LogP contribution in [0, 0.1) is 6.92 Å². The van der Waals surface area contributed by atoms with Gasteiger partial charge in [0.05, 0.1) is 5.69 Å². The van der Waals surface area contributed by atoms with E-state index in [0.717, 1.165) is 11.3 Å². The second-order valence-electron chi connectivity index (χ2n) is 3.45. The van der Waals surface area contributed by atoms with Crippen molar-refractivity contribution in [3.8, 4) is 0 Å². The van der Waals surface area contributed by atoms with Gasteiger partial charge < -0.3 is 4.74 Å². The van der Waals surface area contributed by atoms with Crippen molar-refractivity contribution in [2.45, 2.75) is 19.8 Å². The molecule has 0 aromatic carbocycles. The van der Waals surface area contributed by atoms with Crippen LogP contribution in [0.15, 0.2) is 0 Å². The van der Waals surface area contributed by atoms with E-state index < -0.39 is 0 Å². The number of carbonyl (C=O) groups is 1. The van der Waals surface area contributed by atoms with Crippen LogP contribution in [0.5, 0.6) is 0 Å². The van der Waals surface area contributed by atoms with E-state index in [1.54, 1.807) is 11.7 Å². The minimum atomic E-state index is 0.0804. The normalized spacial score (nSPS) is 10.7. The minimum absolute atomic E-state index is 0.0804. The predicted molar refractivity (Wildman–Crippen MR) is 58.2 cm³/mol. The third-order valence-electron chi connectivity index (χ3n) is 2.23. The highest BCUT2D eigenvalue weighted by Gasteiger charge is 2.12. The molecule has 4 nitrogen and oxygen atoms in total. The molecule has 0 atom stereocenters. The van der Waals surface area contributed by atoms with E-state index in [0.29, 0.717) is 18.0 Å². The molecule has 84 valence electrons. The Bertz CT molecular complexity index is 361. The highest BCUT2D eigenvalue weighted by molar-refractivity contribution is 6.30. The van der Waals surface area contributed by atoms with Crippen LogP contribution in [-0.2, 0) is 23.0 Å². The van der Waals surface area contributed by atoms with E-state index in [4.69, 9.17) is 16.3 Å². The molecule has 1 aromatic rings. The fourth-order valence-corrected chi connectivity index (χ4v) is 1.72. The number of Topliss-reactive ketones (excluding diaryl/α,β-unsaturated/α-hetero) is 1. The molecule has 5 heteroatoms. The Morgan fingerprint density at radius 1 is 1.60 bits per heavy atom. The second kappa shape index (κ2) is 5.28. The Morgan fingerprint density at radius 3 is 2.73 bits per heavy atom. The largest absolute Gasteiger partial charge is 0.377 e. The topological polar surface area (TPSA) is 44.1 Å². The van der Waals surface area contributed by atoms with Crippen molar-refractivity contribution >= 4 is 17.4 Å². The van der Waals surface area contributed by atoms with Crippen molar-refractivity contribution in [3.63, 3.8) is 0 Å². The molecule has 0 unspecified atom stereocenters. The smallest absolute Gasteiger partial charge is 0.158 e. The van der Waals surface area contributed by atoms with E-state index in [2.05, 4.69) is 5.10 Å². The monoisotopic (exact) mass is 230 g/mol. The number of aryl methyl sites for hydroxylation is 2. The summed E-state index contributed by atoms with van der Waals surface area (Å²) in [6.07, 6.45) is 1.07. The first-order chi connectivity index (χ1) is 7.06. The van der Waals surface area contributed by atoms with E-state index in [1.807, 2.05) is 6.92 Å². The third-order valence-corrected chi connectivity index (χ3v) is 2.70. The van der Waals surface area contributed by atoms with Crippen LogP contribution in [-0.4, -0.2) is 29.3 Å². The molecule has 0 fully saturated rings. The molecular weight excluding hydrogens is 216 g/mol. The standard InChI is InChI=1S/C10H15ClN2O2/c1-7-9(10(11)13(2)12-7)5-4-8(14)6-15-3/h4-6H2,1-3H3. The highest BCUT2D eigenvalue weighted by Crippen LogP contribution is 2.20. The van der Waals surface area contributed by atoms with Crippen molar-refractivity contribution in [2.75, 3.05) is 13.7 Å². The Morgan fingerprint density at radius 2 is 2.27 bits per heavy atom. The summed E-state index contributed by atoms with van der Waals surface area (Å²) in [4.78, 5) is 11.3. The number of carbonyl (C=O) groups excluding carboxylic acids is 1. The molecular formula is C10H15ClN2O2. The Kier molecular flexibility index (Phi) is 4.29. The summed E-state index contributed by atoms with van der Waals surface area (Å²) in [5.74, 6) is 0.0804. The molecule has 0 aliphatic rings. The van der Waals surface area contributed by atoms with Crippen LogP contribution < -0.4 is 0 Å². The SMILES string of the molecule is COCC(=O)CCc1c(C)nn(C)c1Cl. The lowest BCUT2D eigenvalue weighted by Crippen LogP contribution is -2.07. The maximum atomic E-state index is 11.3. The molecule has 15 heavy (non-hydrogen) atoms. The molecule has 0 bridgehead atoms. The summed E-state index contributed by atoms with van der Waals surface area (Å²) < 4.78 is 6.37. The Balaban J connectivity index is 2.61. The number of halogens is 1. The van der Waals surface area contributed by atoms with Crippen LogP contribution >= 0.6 is 11.6 Å². The Hall–Kier alpha value is -0.870. The molecule has 0 amide bonds. The molecule has 0 aliphatic heterocycles. The fraction of sp³-hybridized carbons (Fsp3) is 0.600. The lowest BCUT2D eigenvalue weighted by molar-refractivity contribution is -0.122. The first-order valence-corrected chi connectivity index (χ1v) is 5.12. The van der Waals surface area contributed by atoms with Gasteiger partial charge in [-0.15, -0.1) is 0 Å². The summed E-state index contributed by atoms with van der Waals surface area (Å²) in [5.41, 5.74) is 1.83. The summed E-state index contributed by atoms with van der Waals surface area (Å²) in [5, 5.41) is 4.79. The number of ketones is 1. The zero-order valence-electron chi connectivity index (χ0n) is 9.21. The van der Waals surface area contributed by atoms with Gasteiger partial charge in [0.15, 0.2) is 5.78 Å². The van der Waals surface area contributed by atoms with Crippen LogP contribution in [0.3, 0.4) is 0 Å². The third kappa shape index (κ3) is 3.04. The van der Waals surface area contributed by atoms with E-state index in [-0.39, 0.29) is 12.4 Å². The van der Waals surface area contributed by atoms with Crippen LogP contribution in [0.4, 0.5) is 0 Å². The predicted octanol–water partition coefficient (Wildman–Crippen LogP) is 1.53. The quantitative estimate of drug-likeness (QED) is 0.771. The van der Waals surface area contributed by atoms with Gasteiger partial charge in [0, 0.05) is 26.1 Å². The second-order valence-corrected chi connectivity index (χ2v) is 3.81. The number of hydrogen-bond donors (Lipinski definition) is 0. The van der Waals surface area contributed by atoms with Crippen LogP contribution in [0.2, 0.25) is 5.15 Å². The van der Waals surface area contributed by atoms with Gasteiger partial charge in [-0.3, -0.25) is 9.48 Å². The van der Waals surface area contributed by atoms with Gasteiger partial charge in [0.2, 0.25) is 0 Å². The minimum Gasteiger partial charge on any atom is -0.377 e. The molecule has 0 radical (unpaired) electrons. The average molecular weight is 231 g/mol. The van der Waals surface area contributed by atoms with E-state index >= 15 is 0 Å². The summed E-state index contributed by atoms with van der Waals surface area (Å²) in [6, 6.07) is 0. The highest BCUT2D eigenvalue weighted by atomic mass is 35.5. The summed E-state index contributed by atoms with van der Waals surface area (Å²) in [6.45, 7) is 2.05. The van der Waals surface area contributed by atoms with Crippen molar-refractivity contribution in [2.24, 2.45) is 7.05 Å². The van der Waals surface area contributed by atoms with Crippen molar-refractivity contribution in [3.05, 3.63) is 16.4 Å². The first kappa shape index (κ1) is 12.2. The number of ether oxygens (including phenoxy) is 1. The van der Waals surface area contributed by atoms with Gasteiger partial charge in [0.1, 0.15) is 11.8 Å². The van der Waals surface area contributed by atoms with E-state index in [9.17, 15) is 4.79 Å². The number of rotatable bonds is 5. The van der Waals surface area contributed by atoms with Crippen LogP contribution in [0.1, 0.15) is 17.7 Å². The molecule has 0 spiro atoms. The number of hydrogen-bond acceptors (Lipinski definition) is 3. The van der Waals surface area contributed by atoms with Gasteiger partial charge in [-0.2, -0.15) is 5.10 Å². The summed E-state index contributed by atoms with van der Waals surface area (Å²) >= 11 is 6.03. The Labute approximate surface area is 94.2 Å². The number of methoxy groups -OCH3 is 1. The van der Waals surface area contributed by atoms with Gasteiger partial charge in [-0.25, -0.2) is 0 Å². The average Bonchev–Trinajstić information content (AvgIpc) is 2.40. The number of nitrogens with zero attached hydrogens (tertiary/aromatic N) is 2. The molecule has 1 aromatic heterocycles. The molecule has 0 N–H and O–H groups in total. The molecule has 1 rings (SSSR count). The lowest BCUT2D eigenvalue weighted by Gasteiger charge is -2.00. The van der Waals surface area contributed by atoms with Gasteiger partial charge in [0.25, 0.3) is 0 Å². The van der Waals surface area contributed by atoms with E-state index in [1.165, 1.54) is 7.11 Å². The zero-order valence-corrected chi connectivity index (χ0v) is 9.97. The van der Waals surface area contributed by atoms with Gasteiger partial charge >= 0.3 is 0 Å². The first-order valence-electron chi connectivity index (χ1n) is 4.75. The van der Waals surface area contributed by atoms with Crippen molar-refractivity contribution in [1.29, 1.82) is 0 Å². The van der Waals surface area contributed by atoms with Gasteiger partial charge in [-0.05, 0) is 13.3 Å². The fourth-order valence-electron chi connectivity index (χ4n) is 1.46.